The first-order chi connectivity index (χ1) is 7.63. The van der Waals surface area contributed by atoms with Crippen LogP contribution < -0.4 is 0 Å². The van der Waals surface area contributed by atoms with Crippen molar-refractivity contribution in [1.82, 2.24) is 9.80 Å². The molecule has 0 aromatic carbocycles. The van der Waals surface area contributed by atoms with E-state index in [2.05, 4.69) is 6.58 Å². The molecule has 16 heavy (non-hydrogen) atoms. The highest BCUT2D eigenvalue weighted by Gasteiger charge is 2.19. The van der Waals surface area contributed by atoms with Crippen LogP contribution in [0, 0.1) is 0 Å². The van der Waals surface area contributed by atoms with Gasteiger partial charge in [0.1, 0.15) is 0 Å². The van der Waals surface area contributed by atoms with Crippen LogP contribution in [0.25, 0.3) is 0 Å². The largest absolute Gasteiger partial charge is 0.480 e. The van der Waals surface area contributed by atoms with E-state index in [1.54, 1.807) is 11.0 Å². The molecule has 0 radical (unpaired) electrons. The zero-order valence-corrected chi connectivity index (χ0v) is 9.39. The molecule has 0 atom stereocenters. The van der Waals surface area contributed by atoms with Crippen molar-refractivity contribution in [2.75, 3.05) is 32.7 Å². The standard InChI is InChI=1S/C11H18N2O3/c1-2-4-10(14)13-6-3-5-12(7-8-13)9-11(15)16/h2H,1,3-9H2,(H,15,16). The smallest absolute Gasteiger partial charge is 0.317 e. The lowest BCUT2D eigenvalue weighted by Gasteiger charge is -2.20. The molecule has 5 nitrogen and oxygen atoms in total. The molecule has 1 fully saturated rings. The molecule has 0 unspecified atom stereocenters. The van der Waals surface area contributed by atoms with Crippen molar-refractivity contribution in [3.8, 4) is 0 Å². The Labute approximate surface area is 95.3 Å². The minimum Gasteiger partial charge on any atom is -0.480 e. The Morgan fingerprint density at radius 2 is 2.00 bits per heavy atom. The topological polar surface area (TPSA) is 60.9 Å². The Morgan fingerprint density at radius 1 is 1.25 bits per heavy atom. The fourth-order valence-electron chi connectivity index (χ4n) is 1.82. The van der Waals surface area contributed by atoms with E-state index in [-0.39, 0.29) is 12.5 Å². The van der Waals surface area contributed by atoms with Crippen LogP contribution >= 0.6 is 0 Å². The van der Waals surface area contributed by atoms with Gasteiger partial charge in [-0.3, -0.25) is 14.5 Å². The summed E-state index contributed by atoms with van der Waals surface area (Å²) in [6, 6.07) is 0. The number of carboxylic acid groups (broad SMARTS) is 1. The number of carbonyl (C=O) groups is 2. The summed E-state index contributed by atoms with van der Waals surface area (Å²) >= 11 is 0. The van der Waals surface area contributed by atoms with Crippen LogP contribution in [0.5, 0.6) is 0 Å². The fraction of sp³-hybridized carbons (Fsp3) is 0.636. The van der Waals surface area contributed by atoms with Gasteiger partial charge >= 0.3 is 5.97 Å². The summed E-state index contributed by atoms with van der Waals surface area (Å²) in [6.45, 7) is 6.29. The Hall–Kier alpha value is -1.36. The maximum atomic E-state index is 11.6. The average Bonchev–Trinajstić information content (AvgIpc) is 2.43. The SMILES string of the molecule is C=CCC(=O)N1CCCN(CC(=O)O)CC1. The summed E-state index contributed by atoms with van der Waals surface area (Å²) in [6.07, 6.45) is 2.79. The Bertz CT molecular complexity index is 278. The molecular weight excluding hydrogens is 208 g/mol. The van der Waals surface area contributed by atoms with Crippen molar-refractivity contribution < 1.29 is 14.7 Å². The number of rotatable bonds is 4. The van der Waals surface area contributed by atoms with Gasteiger partial charge in [0.2, 0.25) is 5.91 Å². The molecule has 90 valence electrons. The lowest BCUT2D eigenvalue weighted by Crippen LogP contribution is -2.36. The zero-order valence-electron chi connectivity index (χ0n) is 9.39. The van der Waals surface area contributed by atoms with E-state index in [4.69, 9.17) is 5.11 Å². The molecule has 1 heterocycles. The molecule has 0 spiro atoms. The molecule has 1 N–H and O–H groups in total. The quantitative estimate of drug-likeness (QED) is 0.695. The van der Waals surface area contributed by atoms with Gasteiger partial charge in [-0.25, -0.2) is 0 Å². The maximum Gasteiger partial charge on any atom is 0.317 e. The number of hydrogen-bond donors (Lipinski definition) is 1. The normalized spacial score (nSPS) is 17.9. The highest BCUT2D eigenvalue weighted by atomic mass is 16.4. The number of carboxylic acids is 1. The minimum absolute atomic E-state index is 0.0590. The van der Waals surface area contributed by atoms with Crippen molar-refractivity contribution in [2.45, 2.75) is 12.8 Å². The molecule has 0 bridgehead atoms. The second-order valence-corrected chi connectivity index (χ2v) is 3.90. The molecular formula is C11H18N2O3. The van der Waals surface area contributed by atoms with Gasteiger partial charge in [0.05, 0.1) is 6.54 Å². The second-order valence-electron chi connectivity index (χ2n) is 3.90. The number of aliphatic carboxylic acids is 1. The first-order valence-corrected chi connectivity index (χ1v) is 5.46. The van der Waals surface area contributed by atoms with Crippen LogP contribution in [0.4, 0.5) is 0 Å². The van der Waals surface area contributed by atoms with Crippen LogP contribution in [0.1, 0.15) is 12.8 Å². The number of hydrogen-bond acceptors (Lipinski definition) is 3. The van der Waals surface area contributed by atoms with E-state index in [1.807, 2.05) is 4.90 Å². The maximum absolute atomic E-state index is 11.6. The number of amides is 1. The highest BCUT2D eigenvalue weighted by molar-refractivity contribution is 5.77. The lowest BCUT2D eigenvalue weighted by molar-refractivity contribution is -0.138. The number of nitrogens with zero attached hydrogens (tertiary/aromatic N) is 2. The van der Waals surface area contributed by atoms with Crippen LogP contribution in [-0.4, -0.2) is 59.5 Å². The Morgan fingerprint density at radius 3 is 2.62 bits per heavy atom. The van der Waals surface area contributed by atoms with Crippen LogP contribution in [-0.2, 0) is 9.59 Å². The summed E-state index contributed by atoms with van der Waals surface area (Å²) in [7, 11) is 0. The highest BCUT2D eigenvalue weighted by Crippen LogP contribution is 2.04. The summed E-state index contributed by atoms with van der Waals surface area (Å²) in [5.74, 6) is -0.738. The molecule has 1 aliphatic rings. The van der Waals surface area contributed by atoms with Crippen molar-refractivity contribution in [2.24, 2.45) is 0 Å². The molecule has 0 aromatic heterocycles. The van der Waals surface area contributed by atoms with E-state index < -0.39 is 5.97 Å². The molecule has 1 amide bonds. The van der Waals surface area contributed by atoms with Crippen molar-refractivity contribution >= 4 is 11.9 Å². The first-order valence-electron chi connectivity index (χ1n) is 5.46. The first kappa shape index (κ1) is 12.7. The van der Waals surface area contributed by atoms with E-state index in [1.165, 1.54) is 0 Å². The second kappa shape index (κ2) is 6.27. The van der Waals surface area contributed by atoms with Gasteiger partial charge in [0.15, 0.2) is 0 Å². The van der Waals surface area contributed by atoms with E-state index in [0.717, 1.165) is 13.0 Å². The van der Waals surface area contributed by atoms with Gasteiger partial charge in [0.25, 0.3) is 0 Å². The Kier molecular flexibility index (Phi) is 4.98. The van der Waals surface area contributed by atoms with Crippen molar-refractivity contribution in [3.05, 3.63) is 12.7 Å². The summed E-state index contributed by atoms with van der Waals surface area (Å²) in [4.78, 5) is 25.8. The summed E-state index contributed by atoms with van der Waals surface area (Å²) in [5, 5.41) is 8.68. The molecule has 1 aliphatic heterocycles. The summed E-state index contributed by atoms with van der Waals surface area (Å²) < 4.78 is 0. The fourth-order valence-corrected chi connectivity index (χ4v) is 1.82. The predicted octanol–water partition coefficient (Wildman–Crippen LogP) is 0.181. The lowest BCUT2D eigenvalue weighted by atomic mass is 10.3. The van der Waals surface area contributed by atoms with Gasteiger partial charge in [-0.05, 0) is 6.42 Å². The van der Waals surface area contributed by atoms with Crippen LogP contribution in [0.3, 0.4) is 0 Å². The van der Waals surface area contributed by atoms with Crippen molar-refractivity contribution in [1.29, 1.82) is 0 Å². The predicted molar refractivity (Wildman–Crippen MR) is 60.1 cm³/mol. The van der Waals surface area contributed by atoms with Gasteiger partial charge in [-0.2, -0.15) is 0 Å². The molecule has 1 rings (SSSR count). The summed E-state index contributed by atoms with van der Waals surface area (Å²) in [5.41, 5.74) is 0. The minimum atomic E-state index is -0.814. The molecule has 5 heteroatoms. The average molecular weight is 226 g/mol. The monoisotopic (exact) mass is 226 g/mol. The van der Waals surface area contributed by atoms with Crippen molar-refractivity contribution in [3.63, 3.8) is 0 Å². The molecule has 0 saturated carbocycles. The van der Waals surface area contributed by atoms with Gasteiger partial charge in [0, 0.05) is 32.6 Å². The van der Waals surface area contributed by atoms with E-state index in [9.17, 15) is 9.59 Å². The van der Waals surface area contributed by atoms with Gasteiger partial charge < -0.3 is 10.0 Å². The molecule has 0 aliphatic carbocycles. The van der Waals surface area contributed by atoms with Crippen LogP contribution in [0.15, 0.2) is 12.7 Å². The third-order valence-corrected chi connectivity index (χ3v) is 2.62. The number of carbonyl (C=O) groups excluding carboxylic acids is 1. The van der Waals surface area contributed by atoms with E-state index >= 15 is 0 Å². The van der Waals surface area contributed by atoms with Gasteiger partial charge in [-0.1, -0.05) is 6.08 Å². The molecule has 0 aromatic rings. The zero-order chi connectivity index (χ0) is 12.0. The third kappa shape index (κ3) is 4.02. The Balaban J connectivity index is 2.42. The van der Waals surface area contributed by atoms with Crippen LogP contribution in [0.2, 0.25) is 0 Å². The van der Waals surface area contributed by atoms with E-state index in [0.29, 0.717) is 26.1 Å². The molecule has 1 saturated heterocycles. The third-order valence-electron chi connectivity index (χ3n) is 2.62. The van der Waals surface area contributed by atoms with Gasteiger partial charge in [-0.15, -0.1) is 6.58 Å².